The van der Waals surface area contributed by atoms with Gasteiger partial charge in [0.15, 0.2) is 6.19 Å². The molecule has 0 radical (unpaired) electrons. The number of likely N-dealkylation sites (tertiary alicyclic amines) is 1. The first-order valence-corrected chi connectivity index (χ1v) is 6.67. The second-order valence-electron chi connectivity index (χ2n) is 5.92. The second-order valence-corrected chi connectivity index (χ2v) is 5.92. The summed E-state index contributed by atoms with van der Waals surface area (Å²) in [4.78, 5) is 21.2. The van der Waals surface area contributed by atoms with Crippen molar-refractivity contribution in [2.24, 2.45) is 5.41 Å². The molecule has 2 unspecified atom stereocenters. The van der Waals surface area contributed by atoms with E-state index in [1.807, 2.05) is 20.0 Å². The van der Waals surface area contributed by atoms with Crippen molar-refractivity contribution in [1.82, 2.24) is 4.90 Å². The number of aliphatic carboxylic acids is 2. The van der Waals surface area contributed by atoms with E-state index >= 15 is 0 Å². The van der Waals surface area contributed by atoms with Crippen molar-refractivity contribution in [2.45, 2.75) is 51.4 Å². The van der Waals surface area contributed by atoms with Gasteiger partial charge in [-0.05, 0) is 24.7 Å². The van der Waals surface area contributed by atoms with Gasteiger partial charge in [0.2, 0.25) is 0 Å². The van der Waals surface area contributed by atoms with E-state index in [-0.39, 0.29) is 18.1 Å². The maximum atomic E-state index is 10.9. The summed E-state index contributed by atoms with van der Waals surface area (Å²) in [6, 6.07) is -0.752. The minimum Gasteiger partial charge on any atom is -0.480 e. The number of rotatable bonds is 4. The molecular formula is C13H19F3N2O5. The standard InChI is InChI=1S/C11H18N2O3.C2HF3O2/c1-11(2,6-14)5-8-3-4-9(10(15)16)13(8)7-12;3-2(4,5)1(6)7/h8-9,14H,3-6H2,1-2H3,(H,15,16);(H,6,7). The van der Waals surface area contributed by atoms with Gasteiger partial charge in [0.1, 0.15) is 6.04 Å². The first-order chi connectivity index (χ1) is 10.4. The predicted molar refractivity (Wildman–Crippen MR) is 71.1 cm³/mol. The molecular weight excluding hydrogens is 321 g/mol. The Morgan fingerprint density at radius 3 is 2.04 bits per heavy atom. The Hall–Kier alpha value is -2.02. The number of hydrogen-bond donors (Lipinski definition) is 3. The molecule has 0 bridgehead atoms. The third-order valence-corrected chi connectivity index (χ3v) is 3.36. The molecule has 2 atom stereocenters. The van der Waals surface area contributed by atoms with E-state index in [1.54, 1.807) is 0 Å². The SMILES string of the molecule is CC(C)(CO)CC1CCC(C(=O)O)N1C#N.O=C(O)C(F)(F)F. The molecule has 1 aliphatic heterocycles. The van der Waals surface area contributed by atoms with Gasteiger partial charge in [-0.15, -0.1) is 0 Å². The number of alkyl halides is 3. The third-order valence-electron chi connectivity index (χ3n) is 3.36. The lowest BCUT2D eigenvalue weighted by Crippen LogP contribution is -2.39. The Morgan fingerprint density at radius 1 is 1.26 bits per heavy atom. The zero-order valence-electron chi connectivity index (χ0n) is 12.7. The first-order valence-electron chi connectivity index (χ1n) is 6.67. The summed E-state index contributed by atoms with van der Waals surface area (Å²) in [7, 11) is 0. The lowest BCUT2D eigenvalue weighted by Gasteiger charge is -2.29. The topological polar surface area (TPSA) is 122 Å². The van der Waals surface area contributed by atoms with Crippen molar-refractivity contribution in [3.05, 3.63) is 0 Å². The lowest BCUT2D eigenvalue weighted by atomic mass is 9.86. The third kappa shape index (κ3) is 6.73. The zero-order valence-corrected chi connectivity index (χ0v) is 12.7. The number of nitriles is 1. The molecule has 7 nitrogen and oxygen atoms in total. The number of hydrogen-bond acceptors (Lipinski definition) is 5. The van der Waals surface area contributed by atoms with Crippen molar-refractivity contribution >= 4 is 11.9 Å². The van der Waals surface area contributed by atoms with Gasteiger partial charge in [-0.2, -0.15) is 18.4 Å². The van der Waals surface area contributed by atoms with E-state index in [4.69, 9.17) is 20.3 Å². The van der Waals surface area contributed by atoms with Crippen LogP contribution in [0.4, 0.5) is 13.2 Å². The van der Waals surface area contributed by atoms with Crippen molar-refractivity contribution in [1.29, 1.82) is 5.26 Å². The molecule has 132 valence electrons. The Kier molecular flexibility index (Phi) is 7.30. The van der Waals surface area contributed by atoms with E-state index in [0.717, 1.165) is 0 Å². The number of aliphatic hydroxyl groups is 1. The number of aliphatic hydroxyl groups excluding tert-OH is 1. The van der Waals surface area contributed by atoms with Crippen LogP contribution in [0.15, 0.2) is 0 Å². The summed E-state index contributed by atoms with van der Waals surface area (Å²) in [6.45, 7) is 3.87. The molecule has 1 rings (SSSR count). The summed E-state index contributed by atoms with van der Waals surface area (Å²) in [5.41, 5.74) is -0.271. The number of nitrogens with zero attached hydrogens (tertiary/aromatic N) is 2. The van der Waals surface area contributed by atoms with Crippen molar-refractivity contribution in [2.75, 3.05) is 6.61 Å². The fourth-order valence-corrected chi connectivity index (χ4v) is 2.18. The molecule has 0 spiro atoms. The molecule has 0 aromatic heterocycles. The highest BCUT2D eigenvalue weighted by Gasteiger charge is 2.39. The Morgan fingerprint density at radius 2 is 1.74 bits per heavy atom. The zero-order chi connectivity index (χ0) is 18.4. The highest BCUT2D eigenvalue weighted by atomic mass is 19.4. The van der Waals surface area contributed by atoms with Gasteiger partial charge in [-0.25, -0.2) is 9.59 Å². The van der Waals surface area contributed by atoms with E-state index < -0.39 is 24.2 Å². The van der Waals surface area contributed by atoms with Crippen LogP contribution in [0.5, 0.6) is 0 Å². The fraction of sp³-hybridized carbons (Fsp3) is 0.769. The normalized spacial score (nSPS) is 21.2. The number of carboxylic acid groups (broad SMARTS) is 2. The molecule has 23 heavy (non-hydrogen) atoms. The van der Waals surface area contributed by atoms with Crippen LogP contribution in [0.1, 0.15) is 33.1 Å². The average molecular weight is 340 g/mol. The lowest BCUT2D eigenvalue weighted by molar-refractivity contribution is -0.192. The Balaban J connectivity index is 0.000000585. The van der Waals surface area contributed by atoms with E-state index in [0.29, 0.717) is 19.3 Å². The second kappa shape index (κ2) is 8.01. The summed E-state index contributed by atoms with van der Waals surface area (Å²) in [5.74, 6) is -3.70. The fourth-order valence-electron chi connectivity index (χ4n) is 2.18. The molecule has 1 heterocycles. The summed E-state index contributed by atoms with van der Waals surface area (Å²) >= 11 is 0. The monoisotopic (exact) mass is 340 g/mol. The van der Waals surface area contributed by atoms with E-state index in [2.05, 4.69) is 0 Å². The van der Waals surface area contributed by atoms with Gasteiger partial charge < -0.3 is 15.3 Å². The number of halogens is 3. The molecule has 0 amide bonds. The quantitative estimate of drug-likeness (QED) is 0.662. The minimum absolute atomic E-state index is 0.0422. The van der Waals surface area contributed by atoms with Gasteiger partial charge in [0.25, 0.3) is 0 Å². The highest BCUT2D eigenvalue weighted by Crippen LogP contribution is 2.32. The molecule has 0 saturated carbocycles. The average Bonchev–Trinajstić information content (AvgIpc) is 2.80. The van der Waals surface area contributed by atoms with Crippen LogP contribution in [0.25, 0.3) is 0 Å². The van der Waals surface area contributed by atoms with Gasteiger partial charge in [0, 0.05) is 12.6 Å². The molecule has 1 aliphatic rings. The van der Waals surface area contributed by atoms with Gasteiger partial charge in [-0.1, -0.05) is 13.8 Å². The van der Waals surface area contributed by atoms with Crippen molar-refractivity contribution in [3.63, 3.8) is 0 Å². The largest absolute Gasteiger partial charge is 0.490 e. The summed E-state index contributed by atoms with van der Waals surface area (Å²) in [5, 5.41) is 34.2. The maximum Gasteiger partial charge on any atom is 0.490 e. The van der Waals surface area contributed by atoms with Gasteiger partial charge in [-0.3, -0.25) is 4.90 Å². The summed E-state index contributed by atoms with van der Waals surface area (Å²) in [6.07, 6.45) is -1.27. The van der Waals surface area contributed by atoms with Crippen LogP contribution < -0.4 is 0 Å². The van der Waals surface area contributed by atoms with Crippen LogP contribution in [0, 0.1) is 16.9 Å². The summed E-state index contributed by atoms with van der Waals surface area (Å²) < 4.78 is 31.7. The smallest absolute Gasteiger partial charge is 0.480 e. The van der Waals surface area contributed by atoms with Crippen molar-refractivity contribution in [3.8, 4) is 6.19 Å². The maximum absolute atomic E-state index is 10.9. The molecule has 1 fully saturated rings. The van der Waals surface area contributed by atoms with Crippen LogP contribution in [0.3, 0.4) is 0 Å². The Labute approximate surface area is 130 Å². The molecule has 1 saturated heterocycles. The van der Waals surface area contributed by atoms with Crippen LogP contribution in [0.2, 0.25) is 0 Å². The van der Waals surface area contributed by atoms with E-state index in [1.165, 1.54) is 4.90 Å². The van der Waals surface area contributed by atoms with Crippen LogP contribution >= 0.6 is 0 Å². The number of carbonyl (C=O) groups is 2. The van der Waals surface area contributed by atoms with E-state index in [9.17, 15) is 23.1 Å². The molecule has 10 heteroatoms. The molecule has 3 N–H and O–H groups in total. The van der Waals surface area contributed by atoms with Gasteiger partial charge in [0.05, 0.1) is 0 Å². The van der Waals surface area contributed by atoms with Gasteiger partial charge >= 0.3 is 18.1 Å². The predicted octanol–water partition coefficient (Wildman–Crippen LogP) is 1.43. The highest BCUT2D eigenvalue weighted by molar-refractivity contribution is 5.74. The van der Waals surface area contributed by atoms with Crippen LogP contribution in [-0.4, -0.2) is 57.0 Å². The molecule has 0 aromatic carbocycles. The first kappa shape index (κ1) is 21.0. The van der Waals surface area contributed by atoms with Crippen LogP contribution in [-0.2, 0) is 9.59 Å². The minimum atomic E-state index is -5.08. The van der Waals surface area contributed by atoms with Crippen molar-refractivity contribution < 1.29 is 38.1 Å². The number of carboxylic acids is 2. The molecule has 0 aliphatic carbocycles. The molecule has 0 aromatic rings. The Bertz CT molecular complexity index is 473.